The number of alkyl halides is 3. The third-order valence-electron chi connectivity index (χ3n) is 2.33. The van der Waals surface area contributed by atoms with Gasteiger partial charge in [0, 0.05) is 12.4 Å². The number of aliphatic imine (C=N–C) groups is 1. The maximum atomic E-state index is 11.8. The van der Waals surface area contributed by atoms with Gasteiger partial charge in [-0.25, -0.2) is 4.98 Å². The molecule has 2 heterocycles. The number of halogens is 3. The molecule has 1 N–H and O–H groups in total. The highest BCUT2D eigenvalue weighted by atomic mass is 19.4. The van der Waals surface area contributed by atoms with Crippen LogP contribution in [0.3, 0.4) is 0 Å². The Morgan fingerprint density at radius 1 is 1.15 bits per heavy atom. The minimum Gasteiger partial charge on any atom is -0.371 e. The molecular formula is C11H13F3N4O2. The van der Waals surface area contributed by atoms with Crippen molar-refractivity contribution in [2.45, 2.75) is 12.7 Å². The Bertz CT molecular complexity index is 479. The summed E-state index contributed by atoms with van der Waals surface area (Å²) in [5.41, 5.74) is 0.741. The second-order valence-corrected chi connectivity index (χ2v) is 3.96. The van der Waals surface area contributed by atoms with Crippen molar-refractivity contribution in [2.24, 2.45) is 4.99 Å². The van der Waals surface area contributed by atoms with Crippen LogP contribution in [-0.4, -0.2) is 48.4 Å². The van der Waals surface area contributed by atoms with Crippen molar-refractivity contribution < 1.29 is 22.6 Å². The molecule has 0 radical (unpaired) electrons. The van der Waals surface area contributed by atoms with Crippen LogP contribution in [0.5, 0.6) is 0 Å². The molecule has 1 aromatic rings. The van der Waals surface area contributed by atoms with E-state index in [0.29, 0.717) is 18.2 Å². The van der Waals surface area contributed by atoms with Crippen LogP contribution in [0, 0.1) is 0 Å². The number of fused-ring (bicyclic) bond motifs is 1. The van der Waals surface area contributed by atoms with E-state index in [4.69, 9.17) is 4.74 Å². The second kappa shape index (κ2) is 6.62. The first kappa shape index (κ1) is 14.7. The van der Waals surface area contributed by atoms with Gasteiger partial charge < -0.3 is 14.8 Å². The van der Waals surface area contributed by atoms with E-state index in [0.717, 1.165) is 5.69 Å². The fourth-order valence-corrected chi connectivity index (χ4v) is 1.49. The smallest absolute Gasteiger partial charge is 0.371 e. The van der Waals surface area contributed by atoms with Gasteiger partial charge in [-0.3, -0.25) is 9.98 Å². The number of aromatic nitrogens is 2. The lowest BCUT2D eigenvalue weighted by molar-refractivity contribution is -0.176. The fraction of sp³-hybridized carbons (Fsp3) is 0.545. The van der Waals surface area contributed by atoms with E-state index in [1.165, 1.54) is 0 Å². The van der Waals surface area contributed by atoms with Crippen molar-refractivity contribution in [3.63, 3.8) is 0 Å². The van der Waals surface area contributed by atoms with Gasteiger partial charge in [0.2, 0.25) is 0 Å². The van der Waals surface area contributed by atoms with E-state index in [2.05, 4.69) is 25.0 Å². The van der Waals surface area contributed by atoms with Gasteiger partial charge in [0.1, 0.15) is 24.7 Å². The fourth-order valence-electron chi connectivity index (χ4n) is 1.49. The third kappa shape index (κ3) is 4.74. The van der Waals surface area contributed by atoms with Gasteiger partial charge in [-0.05, 0) is 0 Å². The Labute approximate surface area is 113 Å². The Morgan fingerprint density at radius 3 is 2.70 bits per heavy atom. The summed E-state index contributed by atoms with van der Waals surface area (Å²) in [6.07, 6.45) is -1.17. The molecule has 6 nitrogen and oxygen atoms in total. The van der Waals surface area contributed by atoms with Gasteiger partial charge >= 0.3 is 6.18 Å². The molecule has 2 rings (SSSR count). The lowest BCUT2D eigenvalue weighted by Gasteiger charge is -2.16. The molecule has 20 heavy (non-hydrogen) atoms. The molecule has 0 saturated carbocycles. The summed E-state index contributed by atoms with van der Waals surface area (Å²) < 4.78 is 44.9. The summed E-state index contributed by atoms with van der Waals surface area (Å²) in [5.74, 6) is 1.18. The highest BCUT2D eigenvalue weighted by Crippen LogP contribution is 2.15. The number of amidine groups is 1. The zero-order chi connectivity index (χ0) is 14.4. The summed E-state index contributed by atoms with van der Waals surface area (Å²) in [6.45, 7) is -0.767. The first-order valence-corrected chi connectivity index (χ1v) is 5.87. The van der Waals surface area contributed by atoms with Crippen LogP contribution >= 0.6 is 0 Å². The van der Waals surface area contributed by atoms with Crippen LogP contribution < -0.4 is 5.32 Å². The van der Waals surface area contributed by atoms with E-state index in [1.807, 2.05) is 0 Å². The monoisotopic (exact) mass is 290 g/mol. The molecule has 1 aliphatic rings. The van der Waals surface area contributed by atoms with Crippen molar-refractivity contribution in [3.05, 3.63) is 18.1 Å². The predicted molar refractivity (Wildman–Crippen MR) is 64.5 cm³/mol. The molecule has 0 aromatic carbocycles. The highest BCUT2D eigenvalue weighted by molar-refractivity contribution is 5.97. The Morgan fingerprint density at radius 2 is 1.90 bits per heavy atom. The maximum Gasteiger partial charge on any atom is 0.411 e. The molecule has 0 atom stereocenters. The van der Waals surface area contributed by atoms with Gasteiger partial charge in [-0.2, -0.15) is 13.2 Å². The van der Waals surface area contributed by atoms with E-state index < -0.39 is 12.8 Å². The molecule has 0 amide bonds. The summed E-state index contributed by atoms with van der Waals surface area (Å²) >= 11 is 0. The van der Waals surface area contributed by atoms with Crippen LogP contribution in [0.15, 0.2) is 17.4 Å². The molecule has 0 spiro atoms. The first-order chi connectivity index (χ1) is 9.54. The summed E-state index contributed by atoms with van der Waals surface area (Å²) in [6, 6.07) is 0. The van der Waals surface area contributed by atoms with Gasteiger partial charge in [-0.1, -0.05) is 0 Å². The Hall–Kier alpha value is -1.74. The number of ether oxygens (including phenoxy) is 2. The number of nitrogens with one attached hydrogen (secondary N) is 1. The zero-order valence-electron chi connectivity index (χ0n) is 10.5. The number of hydrogen-bond donors (Lipinski definition) is 1. The first-order valence-electron chi connectivity index (χ1n) is 5.87. The predicted octanol–water partition coefficient (Wildman–Crippen LogP) is 1.40. The summed E-state index contributed by atoms with van der Waals surface area (Å²) in [4.78, 5) is 12.4. The van der Waals surface area contributed by atoms with Gasteiger partial charge in [0.05, 0.1) is 19.8 Å². The molecule has 110 valence electrons. The van der Waals surface area contributed by atoms with Crippen molar-refractivity contribution in [3.8, 4) is 0 Å². The van der Waals surface area contributed by atoms with Crippen LogP contribution in [0.2, 0.25) is 0 Å². The van der Waals surface area contributed by atoms with Crippen LogP contribution in [0.1, 0.15) is 5.69 Å². The molecular weight excluding hydrogens is 277 g/mol. The molecule has 0 saturated heterocycles. The van der Waals surface area contributed by atoms with Gasteiger partial charge in [-0.15, -0.1) is 0 Å². The van der Waals surface area contributed by atoms with E-state index in [9.17, 15) is 13.2 Å². The van der Waals surface area contributed by atoms with E-state index in [1.54, 1.807) is 12.4 Å². The number of anilines is 1. The minimum atomic E-state index is -4.31. The molecule has 0 bridgehead atoms. The van der Waals surface area contributed by atoms with E-state index >= 15 is 0 Å². The average Bonchev–Trinajstić information content (AvgIpc) is 2.41. The third-order valence-corrected chi connectivity index (χ3v) is 2.33. The van der Waals surface area contributed by atoms with Crippen molar-refractivity contribution in [1.29, 1.82) is 0 Å². The average molecular weight is 290 g/mol. The van der Waals surface area contributed by atoms with Crippen molar-refractivity contribution in [1.82, 2.24) is 9.97 Å². The number of hydrogen-bond acceptors (Lipinski definition) is 6. The number of nitrogens with zero attached hydrogens (tertiary/aromatic N) is 3. The molecule has 0 unspecified atom stereocenters. The quantitative estimate of drug-likeness (QED) is 0.802. The standard InChI is InChI=1S/C11H13F3N4O2/c12-11(13,14)7-20-4-3-19-6-9-17-5-8-10(18-9)16-2-1-15-8/h1-2H,3-7H2,(H,16,17,18). The second-order valence-electron chi connectivity index (χ2n) is 3.96. The Balaban J connectivity index is 1.63. The molecule has 1 aromatic heterocycles. The topological polar surface area (TPSA) is 68.6 Å². The lowest BCUT2D eigenvalue weighted by Crippen LogP contribution is -2.25. The van der Waals surface area contributed by atoms with Crippen LogP contribution in [-0.2, 0) is 16.0 Å². The van der Waals surface area contributed by atoms with E-state index in [-0.39, 0.29) is 19.8 Å². The zero-order valence-corrected chi connectivity index (χ0v) is 10.5. The molecule has 0 fully saturated rings. The van der Waals surface area contributed by atoms with Crippen molar-refractivity contribution >= 4 is 11.7 Å². The number of rotatable bonds is 6. The van der Waals surface area contributed by atoms with Gasteiger partial charge in [0.25, 0.3) is 0 Å². The summed E-state index contributed by atoms with van der Waals surface area (Å²) in [7, 11) is 0. The largest absolute Gasteiger partial charge is 0.411 e. The molecule has 9 heteroatoms. The minimum absolute atomic E-state index is 0.0596. The Kier molecular flexibility index (Phi) is 4.85. The SMILES string of the molecule is FC(F)(F)COCCOCC1=NCc2nccnc2N1. The lowest BCUT2D eigenvalue weighted by atomic mass is 10.3. The molecule has 1 aliphatic heterocycles. The summed E-state index contributed by atoms with van der Waals surface area (Å²) in [5, 5.41) is 2.94. The normalized spacial score (nSPS) is 14.4. The highest BCUT2D eigenvalue weighted by Gasteiger charge is 2.27. The maximum absolute atomic E-state index is 11.8. The van der Waals surface area contributed by atoms with Gasteiger partial charge in [0.15, 0.2) is 5.82 Å². The van der Waals surface area contributed by atoms with Crippen LogP contribution in [0.25, 0.3) is 0 Å². The molecule has 0 aliphatic carbocycles. The van der Waals surface area contributed by atoms with Crippen LogP contribution in [0.4, 0.5) is 19.0 Å². The van der Waals surface area contributed by atoms with Crippen molar-refractivity contribution in [2.75, 3.05) is 31.7 Å².